The fraction of sp³-hybridized carbons (Fsp3) is 0.353. The minimum absolute atomic E-state index is 0.122. The normalized spacial score (nSPS) is 16.7. The first-order valence-corrected chi connectivity index (χ1v) is 9.42. The van der Waals surface area contributed by atoms with Crippen molar-refractivity contribution >= 4 is 21.6 Å². The number of halogens is 1. The number of amides is 1. The van der Waals surface area contributed by atoms with Crippen LogP contribution in [0.25, 0.3) is 0 Å². The molecular formula is C17H19FN2O4S. The number of nitrogens with zero attached hydrogens (tertiary/aromatic N) is 1. The Balaban J connectivity index is 1.70. The van der Waals surface area contributed by atoms with Crippen LogP contribution in [0.15, 0.2) is 45.7 Å². The van der Waals surface area contributed by atoms with E-state index in [4.69, 9.17) is 4.42 Å². The fourth-order valence-corrected chi connectivity index (χ4v) is 4.14. The largest absolute Gasteiger partial charge is 0.456 e. The highest BCUT2D eigenvalue weighted by Gasteiger charge is 2.29. The summed E-state index contributed by atoms with van der Waals surface area (Å²) >= 11 is 0. The van der Waals surface area contributed by atoms with Crippen molar-refractivity contribution in [1.29, 1.82) is 0 Å². The Morgan fingerprint density at radius 2 is 1.80 bits per heavy atom. The van der Waals surface area contributed by atoms with Crippen molar-refractivity contribution in [2.45, 2.75) is 30.8 Å². The Bertz CT molecular complexity index is 853. The van der Waals surface area contributed by atoms with E-state index in [2.05, 4.69) is 5.32 Å². The number of hydrogen-bond donors (Lipinski definition) is 1. The van der Waals surface area contributed by atoms with Gasteiger partial charge in [0.2, 0.25) is 10.0 Å². The molecule has 134 valence electrons. The van der Waals surface area contributed by atoms with Crippen molar-refractivity contribution < 1.29 is 22.0 Å². The third kappa shape index (κ3) is 3.91. The summed E-state index contributed by atoms with van der Waals surface area (Å²) in [6, 6.07) is 9.15. The Morgan fingerprint density at radius 3 is 2.36 bits per heavy atom. The Hall–Kier alpha value is -2.19. The van der Waals surface area contributed by atoms with Crippen LogP contribution in [0.3, 0.4) is 0 Å². The highest BCUT2D eigenvalue weighted by atomic mass is 32.2. The molecule has 0 bridgehead atoms. The number of rotatable bonds is 4. The monoisotopic (exact) mass is 366 g/mol. The summed E-state index contributed by atoms with van der Waals surface area (Å²) in [5.41, 5.74) is 0.459. The second-order valence-corrected chi connectivity index (χ2v) is 7.91. The van der Waals surface area contributed by atoms with Gasteiger partial charge in [-0.1, -0.05) is 0 Å². The molecule has 0 radical (unpaired) electrons. The number of nitrogens with one attached hydrogen (secondary N) is 1. The summed E-state index contributed by atoms with van der Waals surface area (Å²) in [4.78, 5) is 12.1. The van der Waals surface area contributed by atoms with E-state index in [1.807, 2.05) is 0 Å². The molecule has 2 aromatic rings. The lowest BCUT2D eigenvalue weighted by Gasteiger charge is -2.27. The minimum Gasteiger partial charge on any atom is -0.456 e. The van der Waals surface area contributed by atoms with Gasteiger partial charge in [-0.25, -0.2) is 12.8 Å². The number of piperidine rings is 1. The molecule has 0 atom stereocenters. The van der Waals surface area contributed by atoms with Crippen molar-refractivity contribution in [3.63, 3.8) is 0 Å². The molecule has 0 aliphatic carbocycles. The van der Waals surface area contributed by atoms with Gasteiger partial charge in [0.15, 0.2) is 5.76 Å². The molecule has 1 saturated heterocycles. The molecule has 3 rings (SSSR count). The van der Waals surface area contributed by atoms with Crippen LogP contribution >= 0.6 is 0 Å². The molecular weight excluding hydrogens is 347 g/mol. The van der Waals surface area contributed by atoms with Gasteiger partial charge in [0, 0.05) is 18.8 Å². The van der Waals surface area contributed by atoms with Gasteiger partial charge in [-0.3, -0.25) is 4.79 Å². The van der Waals surface area contributed by atoms with Gasteiger partial charge in [0.05, 0.1) is 4.90 Å². The summed E-state index contributed by atoms with van der Waals surface area (Å²) in [6.07, 6.45) is -0.499. The average molecular weight is 366 g/mol. The summed E-state index contributed by atoms with van der Waals surface area (Å²) in [5.74, 6) is 0.403. The van der Waals surface area contributed by atoms with E-state index in [9.17, 15) is 17.6 Å². The first-order valence-electron chi connectivity index (χ1n) is 7.98. The standard InChI is InChI=1S/C17H19FN2O4S/c1-12-2-7-16(24-12)17(21)19-14-3-5-15(6-4-14)25(22,23)20-10-8-13(18)9-11-20/h2-7,13H,8-11H2,1H3,(H,19,21). The minimum atomic E-state index is -3.64. The number of carbonyl (C=O) groups excluding carboxylic acids is 1. The van der Waals surface area contributed by atoms with Crippen LogP contribution in [0.2, 0.25) is 0 Å². The SMILES string of the molecule is Cc1ccc(C(=O)Nc2ccc(S(=O)(=O)N3CCC(F)CC3)cc2)o1. The van der Waals surface area contributed by atoms with Gasteiger partial charge in [0.1, 0.15) is 11.9 Å². The maximum atomic E-state index is 13.2. The summed E-state index contributed by atoms with van der Waals surface area (Å²) in [6.45, 7) is 2.10. The van der Waals surface area contributed by atoms with Crippen LogP contribution in [0.4, 0.5) is 10.1 Å². The van der Waals surface area contributed by atoms with Crippen LogP contribution in [-0.4, -0.2) is 37.9 Å². The maximum absolute atomic E-state index is 13.2. The van der Waals surface area contributed by atoms with Crippen molar-refractivity contribution in [3.8, 4) is 0 Å². The van der Waals surface area contributed by atoms with Crippen LogP contribution in [0.1, 0.15) is 29.2 Å². The second kappa shape index (κ2) is 6.97. The predicted molar refractivity (Wildman–Crippen MR) is 90.7 cm³/mol. The lowest BCUT2D eigenvalue weighted by atomic mass is 10.1. The van der Waals surface area contributed by atoms with Gasteiger partial charge in [-0.15, -0.1) is 0 Å². The number of sulfonamides is 1. The summed E-state index contributed by atoms with van der Waals surface area (Å²) < 4.78 is 44.8. The molecule has 1 aromatic carbocycles. The van der Waals surface area contributed by atoms with E-state index < -0.39 is 22.1 Å². The number of aryl methyl sites for hydroxylation is 1. The lowest BCUT2D eigenvalue weighted by molar-refractivity contribution is 0.0995. The van der Waals surface area contributed by atoms with E-state index in [1.165, 1.54) is 28.6 Å². The highest BCUT2D eigenvalue weighted by Crippen LogP contribution is 2.23. The Labute approximate surface area is 145 Å². The van der Waals surface area contributed by atoms with E-state index in [0.29, 0.717) is 11.4 Å². The predicted octanol–water partition coefficient (Wildman–Crippen LogP) is 2.96. The smallest absolute Gasteiger partial charge is 0.291 e. The lowest BCUT2D eigenvalue weighted by Crippen LogP contribution is -2.38. The molecule has 6 nitrogen and oxygen atoms in total. The maximum Gasteiger partial charge on any atom is 0.291 e. The molecule has 1 aliphatic rings. The fourth-order valence-electron chi connectivity index (χ4n) is 2.67. The molecule has 25 heavy (non-hydrogen) atoms. The third-order valence-electron chi connectivity index (χ3n) is 4.10. The second-order valence-electron chi connectivity index (χ2n) is 5.97. The number of carbonyl (C=O) groups is 1. The molecule has 1 amide bonds. The number of benzene rings is 1. The number of furan rings is 1. The third-order valence-corrected chi connectivity index (χ3v) is 6.01. The average Bonchev–Trinajstić information content (AvgIpc) is 3.02. The van der Waals surface area contributed by atoms with E-state index in [1.54, 1.807) is 19.1 Å². The molecule has 0 saturated carbocycles. The van der Waals surface area contributed by atoms with Crippen molar-refractivity contribution in [3.05, 3.63) is 47.9 Å². The van der Waals surface area contributed by atoms with E-state index in [-0.39, 0.29) is 36.6 Å². The Morgan fingerprint density at radius 1 is 1.16 bits per heavy atom. The van der Waals surface area contributed by atoms with Crippen molar-refractivity contribution in [2.24, 2.45) is 0 Å². The molecule has 0 unspecified atom stereocenters. The summed E-state index contributed by atoms with van der Waals surface area (Å²) in [5, 5.41) is 2.64. The molecule has 1 aromatic heterocycles. The van der Waals surface area contributed by atoms with Gasteiger partial charge in [-0.05, 0) is 56.2 Å². The first-order chi connectivity index (χ1) is 11.9. The van der Waals surface area contributed by atoms with Crippen LogP contribution in [0.5, 0.6) is 0 Å². The summed E-state index contributed by atoms with van der Waals surface area (Å²) in [7, 11) is -3.64. The first kappa shape index (κ1) is 17.6. The van der Waals surface area contributed by atoms with Gasteiger partial charge >= 0.3 is 0 Å². The number of anilines is 1. The van der Waals surface area contributed by atoms with Crippen LogP contribution < -0.4 is 5.32 Å². The zero-order valence-corrected chi connectivity index (χ0v) is 14.6. The molecule has 1 N–H and O–H groups in total. The number of hydrogen-bond acceptors (Lipinski definition) is 4. The van der Waals surface area contributed by atoms with Crippen LogP contribution in [0, 0.1) is 6.92 Å². The quantitative estimate of drug-likeness (QED) is 0.902. The molecule has 8 heteroatoms. The van der Waals surface area contributed by atoms with Crippen LogP contribution in [-0.2, 0) is 10.0 Å². The topological polar surface area (TPSA) is 79.6 Å². The molecule has 1 fully saturated rings. The molecule has 1 aliphatic heterocycles. The van der Waals surface area contributed by atoms with Crippen molar-refractivity contribution in [1.82, 2.24) is 4.31 Å². The highest BCUT2D eigenvalue weighted by molar-refractivity contribution is 7.89. The molecule has 2 heterocycles. The van der Waals surface area contributed by atoms with Gasteiger partial charge < -0.3 is 9.73 Å². The van der Waals surface area contributed by atoms with Gasteiger partial charge in [0.25, 0.3) is 5.91 Å². The van der Waals surface area contributed by atoms with Crippen molar-refractivity contribution in [2.75, 3.05) is 18.4 Å². The zero-order chi connectivity index (χ0) is 18.0. The zero-order valence-electron chi connectivity index (χ0n) is 13.7. The Kier molecular flexibility index (Phi) is 4.91. The van der Waals surface area contributed by atoms with E-state index in [0.717, 1.165) is 0 Å². The van der Waals surface area contributed by atoms with Gasteiger partial charge in [-0.2, -0.15) is 4.31 Å². The molecule has 0 spiro atoms. The van der Waals surface area contributed by atoms with E-state index >= 15 is 0 Å². The number of alkyl halides is 1.